The lowest BCUT2D eigenvalue weighted by Gasteiger charge is -2.21. The minimum Gasteiger partial charge on any atom is -0.495 e. The molecule has 2 amide bonds. The van der Waals surface area contributed by atoms with Gasteiger partial charge in [-0.1, -0.05) is 12.1 Å². The first-order valence-electron chi connectivity index (χ1n) is 8.59. The van der Waals surface area contributed by atoms with Crippen LogP contribution >= 0.6 is 0 Å². The first-order valence-corrected chi connectivity index (χ1v) is 8.59. The van der Waals surface area contributed by atoms with Crippen molar-refractivity contribution in [2.75, 3.05) is 54.7 Å². The lowest BCUT2D eigenvalue weighted by molar-refractivity contribution is 0.262. The molecule has 8 nitrogen and oxygen atoms in total. The first kappa shape index (κ1) is 17.8. The summed E-state index contributed by atoms with van der Waals surface area (Å²) >= 11 is 0. The number of ether oxygens (including phenoxy) is 1. The predicted octanol–water partition coefficient (Wildman–Crippen LogP) is 2.80. The van der Waals surface area contributed by atoms with Crippen molar-refractivity contribution in [3.05, 3.63) is 30.5 Å². The lowest BCUT2D eigenvalue weighted by Crippen LogP contribution is -2.25. The van der Waals surface area contributed by atoms with Crippen LogP contribution in [0.5, 0.6) is 5.75 Å². The molecule has 0 unspecified atom stereocenters. The van der Waals surface area contributed by atoms with Gasteiger partial charge in [-0.25, -0.2) is 9.78 Å². The minimum atomic E-state index is -0.380. The maximum absolute atomic E-state index is 12.4. The minimum absolute atomic E-state index is 0.380. The number of carbonyl (C=O) groups is 1. The molecule has 2 N–H and O–H groups in total. The quantitative estimate of drug-likeness (QED) is 0.857. The molecule has 1 aromatic heterocycles. The highest BCUT2D eigenvalue weighted by Gasteiger charge is 2.18. The molecular weight excluding hydrogens is 332 g/mol. The van der Waals surface area contributed by atoms with Gasteiger partial charge in [0, 0.05) is 27.2 Å². The zero-order chi connectivity index (χ0) is 18.5. The summed E-state index contributed by atoms with van der Waals surface area (Å²) < 4.78 is 5.25. The van der Waals surface area contributed by atoms with Crippen LogP contribution in [0.2, 0.25) is 0 Å². The molecule has 0 atom stereocenters. The summed E-state index contributed by atoms with van der Waals surface area (Å²) in [6.45, 7) is 1.93. The zero-order valence-electron chi connectivity index (χ0n) is 15.3. The number of para-hydroxylation sites is 2. The normalized spacial score (nSPS) is 13.4. The molecule has 3 rings (SSSR count). The van der Waals surface area contributed by atoms with Crippen molar-refractivity contribution in [3.63, 3.8) is 0 Å². The van der Waals surface area contributed by atoms with Gasteiger partial charge in [0.15, 0.2) is 5.82 Å². The van der Waals surface area contributed by atoms with Gasteiger partial charge in [0.05, 0.1) is 19.0 Å². The molecule has 0 radical (unpaired) electrons. The van der Waals surface area contributed by atoms with Crippen LogP contribution < -0.4 is 25.2 Å². The number of rotatable bonds is 5. The molecule has 0 spiro atoms. The Balaban J connectivity index is 1.76. The SMILES string of the molecule is COc1ccccc1NC(=O)Nc1cnc(N2CCCC2)nc1N(C)C. The number of amides is 2. The highest BCUT2D eigenvalue weighted by Crippen LogP contribution is 2.27. The van der Waals surface area contributed by atoms with Crippen molar-refractivity contribution in [2.45, 2.75) is 12.8 Å². The Labute approximate surface area is 153 Å². The largest absolute Gasteiger partial charge is 0.495 e. The van der Waals surface area contributed by atoms with Crippen molar-refractivity contribution in [3.8, 4) is 5.75 Å². The molecule has 138 valence electrons. The van der Waals surface area contributed by atoms with Gasteiger partial charge in [0.25, 0.3) is 0 Å². The Kier molecular flexibility index (Phi) is 5.40. The summed E-state index contributed by atoms with van der Waals surface area (Å²) in [5, 5.41) is 5.60. The fourth-order valence-electron chi connectivity index (χ4n) is 2.89. The van der Waals surface area contributed by atoms with Gasteiger partial charge in [-0.05, 0) is 25.0 Å². The van der Waals surface area contributed by atoms with E-state index >= 15 is 0 Å². The Morgan fingerprint density at radius 3 is 2.54 bits per heavy atom. The molecule has 8 heteroatoms. The van der Waals surface area contributed by atoms with Gasteiger partial charge in [0.2, 0.25) is 5.95 Å². The number of nitrogens with zero attached hydrogens (tertiary/aromatic N) is 4. The third-order valence-corrected chi connectivity index (χ3v) is 4.17. The van der Waals surface area contributed by atoms with Crippen LogP contribution in [0.3, 0.4) is 0 Å². The van der Waals surface area contributed by atoms with E-state index in [9.17, 15) is 4.79 Å². The maximum atomic E-state index is 12.4. The summed E-state index contributed by atoms with van der Waals surface area (Å²) in [4.78, 5) is 25.5. The number of benzene rings is 1. The van der Waals surface area contributed by atoms with Gasteiger partial charge in [-0.15, -0.1) is 0 Å². The van der Waals surface area contributed by atoms with Crippen molar-refractivity contribution in [1.82, 2.24) is 9.97 Å². The number of aromatic nitrogens is 2. The van der Waals surface area contributed by atoms with Gasteiger partial charge in [-0.3, -0.25) is 0 Å². The summed E-state index contributed by atoms with van der Waals surface area (Å²) in [5.74, 6) is 1.95. The molecule has 0 saturated carbocycles. The van der Waals surface area contributed by atoms with Crippen LogP contribution in [0.1, 0.15) is 12.8 Å². The van der Waals surface area contributed by atoms with Crippen molar-refractivity contribution in [1.29, 1.82) is 0 Å². The number of hydrogen-bond donors (Lipinski definition) is 2. The fraction of sp³-hybridized carbons (Fsp3) is 0.389. The van der Waals surface area contributed by atoms with E-state index in [-0.39, 0.29) is 6.03 Å². The number of nitrogens with one attached hydrogen (secondary N) is 2. The van der Waals surface area contributed by atoms with Gasteiger partial charge in [-0.2, -0.15) is 4.98 Å². The van der Waals surface area contributed by atoms with Crippen molar-refractivity contribution in [2.24, 2.45) is 0 Å². The molecule has 1 aromatic carbocycles. The second-order valence-electron chi connectivity index (χ2n) is 6.28. The average molecular weight is 356 g/mol. The average Bonchev–Trinajstić information content (AvgIpc) is 3.17. The predicted molar refractivity (Wildman–Crippen MR) is 103 cm³/mol. The molecule has 1 aliphatic heterocycles. The van der Waals surface area contributed by atoms with E-state index in [1.165, 1.54) is 0 Å². The molecule has 2 heterocycles. The van der Waals surface area contributed by atoms with Crippen molar-refractivity contribution < 1.29 is 9.53 Å². The van der Waals surface area contributed by atoms with E-state index in [4.69, 9.17) is 4.74 Å². The molecule has 26 heavy (non-hydrogen) atoms. The van der Waals surface area contributed by atoms with Crippen molar-refractivity contribution >= 4 is 29.2 Å². The monoisotopic (exact) mass is 356 g/mol. The molecule has 1 saturated heterocycles. The Hall–Kier alpha value is -3.03. The highest BCUT2D eigenvalue weighted by atomic mass is 16.5. The first-order chi connectivity index (χ1) is 12.6. The third kappa shape index (κ3) is 3.96. The topological polar surface area (TPSA) is 82.6 Å². The molecule has 2 aromatic rings. The number of methoxy groups -OCH3 is 1. The second-order valence-corrected chi connectivity index (χ2v) is 6.28. The number of urea groups is 1. The molecule has 1 aliphatic rings. The van der Waals surface area contributed by atoms with Crippen LogP contribution in [-0.4, -0.2) is 50.3 Å². The Bertz CT molecular complexity index is 774. The standard InChI is InChI=1S/C18H24N6O2/c1-23(2)16-14(12-19-17(22-16)24-10-6-7-11-24)21-18(25)20-13-8-4-5-9-15(13)26-3/h4-5,8-9,12H,6-7,10-11H2,1-3H3,(H2,20,21,25). The lowest BCUT2D eigenvalue weighted by atomic mass is 10.3. The van der Waals surface area contributed by atoms with E-state index in [1.807, 2.05) is 31.1 Å². The van der Waals surface area contributed by atoms with Crippen LogP contribution in [-0.2, 0) is 0 Å². The van der Waals surface area contributed by atoms with E-state index in [0.29, 0.717) is 28.9 Å². The molecule has 0 bridgehead atoms. The Morgan fingerprint density at radius 1 is 1.15 bits per heavy atom. The maximum Gasteiger partial charge on any atom is 0.323 e. The summed E-state index contributed by atoms with van der Waals surface area (Å²) in [5.41, 5.74) is 1.14. The smallest absolute Gasteiger partial charge is 0.323 e. The van der Waals surface area contributed by atoms with Crippen LogP contribution in [0.15, 0.2) is 30.5 Å². The summed E-state index contributed by atoms with van der Waals surface area (Å²) in [7, 11) is 5.34. The second kappa shape index (κ2) is 7.90. The summed E-state index contributed by atoms with van der Waals surface area (Å²) in [6, 6.07) is 6.86. The molecule has 0 aliphatic carbocycles. The van der Waals surface area contributed by atoms with E-state index in [2.05, 4.69) is 25.5 Å². The van der Waals surface area contributed by atoms with Crippen LogP contribution in [0.25, 0.3) is 0 Å². The van der Waals surface area contributed by atoms with Crippen LogP contribution in [0.4, 0.5) is 27.9 Å². The number of anilines is 4. The number of hydrogen-bond acceptors (Lipinski definition) is 6. The molecular formula is C18H24N6O2. The zero-order valence-corrected chi connectivity index (χ0v) is 15.3. The highest BCUT2D eigenvalue weighted by molar-refractivity contribution is 6.02. The molecule has 1 fully saturated rings. The van der Waals surface area contributed by atoms with E-state index < -0.39 is 0 Å². The third-order valence-electron chi connectivity index (χ3n) is 4.17. The Morgan fingerprint density at radius 2 is 1.85 bits per heavy atom. The van der Waals surface area contributed by atoms with Gasteiger partial charge >= 0.3 is 6.03 Å². The van der Waals surface area contributed by atoms with E-state index in [1.54, 1.807) is 25.4 Å². The fourth-order valence-corrected chi connectivity index (χ4v) is 2.89. The van der Waals surface area contributed by atoms with Gasteiger partial charge in [0.1, 0.15) is 11.4 Å². The number of carbonyl (C=O) groups excluding carboxylic acids is 1. The van der Waals surface area contributed by atoms with E-state index in [0.717, 1.165) is 25.9 Å². The van der Waals surface area contributed by atoms with Gasteiger partial charge < -0.3 is 25.2 Å². The summed E-state index contributed by atoms with van der Waals surface area (Å²) in [6.07, 6.45) is 3.96. The van der Waals surface area contributed by atoms with Crippen LogP contribution in [0, 0.1) is 0 Å².